The Morgan fingerprint density at radius 2 is 2.07 bits per heavy atom. The van der Waals surface area contributed by atoms with Crippen molar-refractivity contribution in [1.29, 1.82) is 0 Å². The molecule has 0 aromatic heterocycles. The average Bonchev–Trinajstić information content (AvgIpc) is 2.11. The maximum Gasteiger partial charge on any atom is 0.327 e. The monoisotopic (exact) mass is 215 g/mol. The summed E-state index contributed by atoms with van der Waals surface area (Å²) in [6, 6.07) is 0. The molecule has 1 saturated heterocycles. The van der Waals surface area contributed by atoms with Gasteiger partial charge in [0.25, 0.3) is 0 Å². The molecule has 0 atom stereocenters. The SMILES string of the molecule is C=CCSCCN1CC(=O)OC(=O)C1. The smallest absolute Gasteiger partial charge is 0.327 e. The number of hydrogen-bond acceptors (Lipinski definition) is 5. The molecule has 0 aromatic carbocycles. The van der Waals surface area contributed by atoms with Gasteiger partial charge in [-0.3, -0.25) is 14.5 Å². The average molecular weight is 215 g/mol. The van der Waals surface area contributed by atoms with Crippen LogP contribution in [0.25, 0.3) is 0 Å². The Balaban J connectivity index is 2.20. The van der Waals surface area contributed by atoms with Crippen LogP contribution in [0.2, 0.25) is 0 Å². The lowest BCUT2D eigenvalue weighted by Gasteiger charge is -2.23. The summed E-state index contributed by atoms with van der Waals surface area (Å²) < 4.78 is 4.40. The minimum atomic E-state index is -0.449. The second kappa shape index (κ2) is 5.82. The van der Waals surface area contributed by atoms with Gasteiger partial charge in [-0.2, -0.15) is 11.8 Å². The van der Waals surface area contributed by atoms with Crippen LogP contribution >= 0.6 is 11.8 Å². The molecule has 1 aliphatic rings. The Morgan fingerprint density at radius 3 is 2.64 bits per heavy atom. The number of esters is 2. The molecule has 0 amide bonds. The van der Waals surface area contributed by atoms with Crippen molar-refractivity contribution in [2.45, 2.75) is 0 Å². The van der Waals surface area contributed by atoms with Gasteiger partial charge in [-0.05, 0) is 0 Å². The van der Waals surface area contributed by atoms with E-state index in [1.54, 1.807) is 16.7 Å². The number of hydrogen-bond donors (Lipinski definition) is 0. The molecule has 1 rings (SSSR count). The van der Waals surface area contributed by atoms with E-state index in [9.17, 15) is 9.59 Å². The molecule has 0 aliphatic carbocycles. The number of cyclic esters (lactones) is 2. The fourth-order valence-corrected chi connectivity index (χ4v) is 1.85. The van der Waals surface area contributed by atoms with Crippen LogP contribution in [-0.4, -0.2) is 48.0 Å². The lowest BCUT2D eigenvalue weighted by Crippen LogP contribution is -2.43. The van der Waals surface area contributed by atoms with Crippen LogP contribution in [-0.2, 0) is 14.3 Å². The van der Waals surface area contributed by atoms with Gasteiger partial charge in [0, 0.05) is 18.1 Å². The lowest BCUT2D eigenvalue weighted by molar-refractivity contribution is -0.166. The molecule has 0 aromatic rings. The highest BCUT2D eigenvalue weighted by atomic mass is 32.2. The number of nitrogens with zero attached hydrogens (tertiary/aromatic N) is 1. The van der Waals surface area contributed by atoms with Crippen molar-refractivity contribution < 1.29 is 14.3 Å². The first kappa shape index (κ1) is 11.3. The molecule has 4 nitrogen and oxygen atoms in total. The van der Waals surface area contributed by atoms with Gasteiger partial charge in [0.2, 0.25) is 0 Å². The molecule has 1 fully saturated rings. The van der Waals surface area contributed by atoms with Crippen LogP contribution in [0, 0.1) is 0 Å². The zero-order valence-corrected chi connectivity index (χ0v) is 8.72. The summed E-state index contributed by atoms with van der Waals surface area (Å²) in [4.78, 5) is 23.5. The molecule has 1 heterocycles. The third kappa shape index (κ3) is 3.93. The summed E-state index contributed by atoms with van der Waals surface area (Å²) in [5.74, 6) is 0.892. The van der Waals surface area contributed by atoms with Crippen LogP contribution in [0.1, 0.15) is 0 Å². The summed E-state index contributed by atoms with van der Waals surface area (Å²) in [5.41, 5.74) is 0. The molecule has 0 N–H and O–H groups in total. The van der Waals surface area contributed by atoms with Crippen LogP contribution in [0.3, 0.4) is 0 Å². The zero-order valence-electron chi connectivity index (χ0n) is 7.90. The molecule has 0 radical (unpaired) electrons. The summed E-state index contributed by atoms with van der Waals surface area (Å²) >= 11 is 1.73. The van der Waals surface area contributed by atoms with Crippen molar-refractivity contribution >= 4 is 23.7 Å². The van der Waals surface area contributed by atoms with Crippen molar-refractivity contribution in [3.8, 4) is 0 Å². The lowest BCUT2D eigenvalue weighted by atomic mass is 10.4. The third-order valence-electron chi connectivity index (χ3n) is 1.72. The van der Waals surface area contributed by atoms with Gasteiger partial charge < -0.3 is 4.74 Å². The van der Waals surface area contributed by atoms with Gasteiger partial charge in [0.15, 0.2) is 0 Å². The quantitative estimate of drug-likeness (QED) is 0.285. The summed E-state index contributed by atoms with van der Waals surface area (Å²) in [6.45, 7) is 4.79. The molecular weight excluding hydrogens is 202 g/mol. The molecule has 14 heavy (non-hydrogen) atoms. The maximum absolute atomic E-state index is 10.9. The summed E-state index contributed by atoms with van der Waals surface area (Å²) in [7, 11) is 0. The number of carbonyl (C=O) groups is 2. The first-order chi connectivity index (χ1) is 6.72. The van der Waals surface area contributed by atoms with Gasteiger partial charge in [-0.1, -0.05) is 6.08 Å². The summed E-state index contributed by atoms with van der Waals surface area (Å²) in [6.07, 6.45) is 1.83. The van der Waals surface area contributed by atoms with E-state index in [0.29, 0.717) is 0 Å². The van der Waals surface area contributed by atoms with E-state index in [1.165, 1.54) is 0 Å². The Labute approximate surface area is 87.3 Å². The fourth-order valence-electron chi connectivity index (χ4n) is 1.13. The molecule has 0 unspecified atom stereocenters. The molecule has 78 valence electrons. The van der Waals surface area contributed by atoms with E-state index in [4.69, 9.17) is 0 Å². The zero-order chi connectivity index (χ0) is 10.4. The Morgan fingerprint density at radius 1 is 1.43 bits per heavy atom. The highest BCUT2D eigenvalue weighted by Crippen LogP contribution is 2.04. The predicted octanol–water partition coefficient (Wildman–Crippen LogP) is 0.291. The topological polar surface area (TPSA) is 46.6 Å². The predicted molar refractivity (Wildman–Crippen MR) is 55.1 cm³/mol. The minimum Gasteiger partial charge on any atom is -0.391 e. The van der Waals surface area contributed by atoms with Gasteiger partial charge >= 0.3 is 11.9 Å². The number of morpholine rings is 1. The Bertz CT molecular complexity index is 226. The first-order valence-electron chi connectivity index (χ1n) is 4.37. The van der Waals surface area contributed by atoms with Crippen LogP contribution in [0.4, 0.5) is 0 Å². The van der Waals surface area contributed by atoms with Crippen LogP contribution in [0.15, 0.2) is 12.7 Å². The van der Waals surface area contributed by atoms with Crippen molar-refractivity contribution in [1.82, 2.24) is 4.90 Å². The molecular formula is C9H13NO3S. The van der Waals surface area contributed by atoms with Crippen molar-refractivity contribution in [3.63, 3.8) is 0 Å². The molecule has 0 bridgehead atoms. The molecule has 5 heteroatoms. The second-order valence-electron chi connectivity index (χ2n) is 2.92. The second-order valence-corrected chi connectivity index (χ2v) is 4.07. The Hall–Kier alpha value is -0.810. The van der Waals surface area contributed by atoms with Gasteiger partial charge in [-0.15, -0.1) is 6.58 Å². The number of ether oxygens (including phenoxy) is 1. The van der Waals surface area contributed by atoms with Gasteiger partial charge in [0.05, 0.1) is 13.1 Å². The normalized spacial score (nSPS) is 18.0. The number of rotatable bonds is 5. The highest BCUT2D eigenvalue weighted by Gasteiger charge is 2.23. The molecule has 1 aliphatic heterocycles. The largest absolute Gasteiger partial charge is 0.391 e. The van der Waals surface area contributed by atoms with Gasteiger partial charge in [0.1, 0.15) is 0 Å². The molecule has 0 saturated carbocycles. The van der Waals surface area contributed by atoms with Crippen LogP contribution < -0.4 is 0 Å². The number of thioether (sulfide) groups is 1. The van der Waals surface area contributed by atoms with E-state index in [-0.39, 0.29) is 13.1 Å². The summed E-state index contributed by atoms with van der Waals surface area (Å²) in [5, 5.41) is 0. The van der Waals surface area contributed by atoms with E-state index in [1.807, 2.05) is 6.08 Å². The fraction of sp³-hybridized carbons (Fsp3) is 0.556. The van der Waals surface area contributed by atoms with Crippen molar-refractivity contribution in [2.75, 3.05) is 31.1 Å². The van der Waals surface area contributed by atoms with Crippen molar-refractivity contribution in [3.05, 3.63) is 12.7 Å². The van der Waals surface area contributed by atoms with Crippen molar-refractivity contribution in [2.24, 2.45) is 0 Å². The van der Waals surface area contributed by atoms with E-state index in [0.717, 1.165) is 18.1 Å². The van der Waals surface area contributed by atoms with Gasteiger partial charge in [-0.25, -0.2) is 0 Å². The third-order valence-corrected chi connectivity index (χ3v) is 2.66. The standard InChI is InChI=1S/C9H13NO3S/c1-2-4-14-5-3-10-6-8(11)13-9(12)7-10/h2H,1,3-7H2. The Kier molecular flexibility index (Phi) is 4.69. The van der Waals surface area contributed by atoms with E-state index in [2.05, 4.69) is 11.3 Å². The maximum atomic E-state index is 10.9. The number of carbonyl (C=O) groups excluding carboxylic acids is 2. The van der Waals surface area contributed by atoms with E-state index < -0.39 is 11.9 Å². The van der Waals surface area contributed by atoms with Crippen LogP contribution in [0.5, 0.6) is 0 Å². The van der Waals surface area contributed by atoms with E-state index >= 15 is 0 Å². The molecule has 0 spiro atoms. The highest BCUT2D eigenvalue weighted by molar-refractivity contribution is 7.99. The minimum absolute atomic E-state index is 0.223. The first-order valence-corrected chi connectivity index (χ1v) is 5.52.